The fourth-order valence-corrected chi connectivity index (χ4v) is 11.0. The van der Waals surface area contributed by atoms with Crippen LogP contribution < -0.4 is 0 Å². The summed E-state index contributed by atoms with van der Waals surface area (Å²) in [6, 6.07) is 74.4. The number of nitro groups is 3. The number of rotatable bonds is 15. The summed E-state index contributed by atoms with van der Waals surface area (Å²) in [5.41, 5.74) is 12.6. The number of aromatic nitrogens is 3. The molecule has 0 bridgehead atoms. The molecule has 0 fully saturated rings. The second-order valence-corrected chi connectivity index (χ2v) is 20.1. The number of para-hydroxylation sites is 4. The highest BCUT2D eigenvalue weighted by molar-refractivity contribution is 6.31. The predicted molar refractivity (Wildman–Crippen MR) is 321 cm³/mol. The molecule has 0 saturated carbocycles. The van der Waals surface area contributed by atoms with E-state index in [0.717, 1.165) is 83.0 Å². The van der Waals surface area contributed by atoms with E-state index in [0.29, 0.717) is 16.3 Å². The van der Waals surface area contributed by atoms with E-state index in [9.17, 15) is 34.7 Å². The quantitative estimate of drug-likeness (QED) is 0.0766. The van der Waals surface area contributed by atoms with Crippen LogP contribution in [-0.4, -0.2) is 48.9 Å². The van der Waals surface area contributed by atoms with Gasteiger partial charge in [-0.15, -0.1) is 0 Å². The highest BCUT2D eigenvalue weighted by atomic mass is 35.5. The fourth-order valence-electron chi connectivity index (χ4n) is 10.7. The third-order valence-electron chi connectivity index (χ3n) is 14.3. The first-order chi connectivity index (χ1) is 39.4. The van der Waals surface area contributed by atoms with Crippen molar-refractivity contribution in [3.8, 4) is 28.2 Å². The lowest BCUT2D eigenvalue weighted by Gasteiger charge is -2.16. The number of benzene rings is 9. The molecule has 2 N–H and O–H groups in total. The van der Waals surface area contributed by atoms with E-state index in [2.05, 4.69) is 20.6 Å². The van der Waals surface area contributed by atoms with Gasteiger partial charge in [0.2, 0.25) is 19.6 Å². The van der Waals surface area contributed by atoms with E-state index in [4.69, 9.17) is 23.2 Å². The van der Waals surface area contributed by atoms with Crippen LogP contribution in [0.4, 0.5) is 4.39 Å². The average Bonchev–Trinajstić information content (AvgIpc) is 4.26. The zero-order valence-corrected chi connectivity index (χ0v) is 44.8. The van der Waals surface area contributed by atoms with Gasteiger partial charge >= 0.3 is 0 Å². The Hall–Kier alpha value is -9.69. The average molecular weight is 1110 g/mol. The SMILES string of the molecule is O=[N+]([O-])CC(c1ccccc1)c1c(-c2ccc(Cl)cc2)[nH]c2ccccc12.O=[N+]([O-])CC(c1ccccc1)c1c(-c2ccc(F)c(Cl)c2)[nH]c2ccccc12.O=[N+]([O-])CC(c1ccccc1)c1cn(-c2ccccc2)c2ccccc12. The maximum absolute atomic E-state index is 13.7. The molecule has 3 atom stereocenters. The van der Waals surface area contributed by atoms with Crippen LogP contribution in [0, 0.1) is 36.2 Å². The first-order valence-electron chi connectivity index (χ1n) is 26.0. The summed E-state index contributed by atoms with van der Waals surface area (Å²) in [5.74, 6) is -1.62. The van der Waals surface area contributed by atoms with Crippen LogP contribution in [-0.2, 0) is 0 Å². The molecule has 402 valence electrons. The van der Waals surface area contributed by atoms with Crippen molar-refractivity contribution < 1.29 is 19.2 Å². The van der Waals surface area contributed by atoms with Crippen molar-refractivity contribution in [1.82, 2.24) is 14.5 Å². The van der Waals surface area contributed by atoms with Crippen molar-refractivity contribution in [3.05, 3.63) is 322 Å². The van der Waals surface area contributed by atoms with Crippen LogP contribution in [0.5, 0.6) is 0 Å². The van der Waals surface area contributed by atoms with E-state index in [-0.39, 0.29) is 51.3 Å². The maximum Gasteiger partial charge on any atom is 0.214 e. The molecule has 0 aliphatic carbocycles. The molecule has 3 heterocycles. The number of halogens is 3. The number of aromatic amines is 2. The van der Waals surface area contributed by atoms with Crippen LogP contribution >= 0.6 is 23.2 Å². The summed E-state index contributed by atoms with van der Waals surface area (Å²) in [6.45, 7) is -0.562. The van der Waals surface area contributed by atoms with E-state index < -0.39 is 11.7 Å². The fraction of sp³-hybridized carbons (Fsp3) is 0.0909. The lowest BCUT2D eigenvalue weighted by molar-refractivity contribution is -0.481. The molecule has 0 radical (unpaired) electrons. The topological polar surface area (TPSA) is 166 Å². The Balaban J connectivity index is 0.000000136. The molecule has 12 rings (SSSR count). The number of nitrogens with one attached hydrogen (secondary N) is 2. The Bertz CT molecular complexity index is 4140. The molecular formula is C66H51Cl2FN6O6. The summed E-state index contributed by atoms with van der Waals surface area (Å²) < 4.78 is 15.8. The second-order valence-electron chi connectivity index (χ2n) is 19.3. The Morgan fingerprint density at radius 2 is 0.840 bits per heavy atom. The molecule has 12 nitrogen and oxygen atoms in total. The molecule has 12 aromatic rings. The minimum absolute atomic E-state index is 0.00708. The van der Waals surface area contributed by atoms with E-state index in [1.54, 1.807) is 12.1 Å². The van der Waals surface area contributed by atoms with Gasteiger partial charge in [-0.2, -0.15) is 0 Å². The number of nitrogens with zero attached hydrogens (tertiary/aromatic N) is 4. The van der Waals surface area contributed by atoms with Crippen LogP contribution in [0.15, 0.2) is 243 Å². The Labute approximate surface area is 475 Å². The zero-order chi connectivity index (χ0) is 56.4. The van der Waals surface area contributed by atoms with Crippen LogP contribution in [0.1, 0.15) is 51.1 Å². The molecule has 0 spiro atoms. The molecule has 3 aromatic heterocycles. The third-order valence-corrected chi connectivity index (χ3v) is 14.8. The van der Waals surface area contributed by atoms with E-state index in [1.165, 1.54) is 6.07 Å². The standard InChI is InChI=1S/C22H16ClFN2O2.C22H17ClN2O2.C22H18N2O2/c23-18-12-15(10-11-19(18)24)22-21(16-8-4-5-9-20(16)25-22)17(13-26(27)28)14-6-2-1-3-7-14;23-17-12-10-16(11-13-17)22-21(18-8-4-5-9-20(18)24-22)19(14-25(26)27)15-6-2-1-3-7-15;25-24(26)16-20(17-9-3-1-4-10-17)21-15-23(18-11-5-2-6-12-18)22-14-8-7-13-19(21)22/h1-12,17,25H,13H2;1-13,19,24H,14H2;1-15,20H,16H2. The molecule has 0 aliphatic rings. The summed E-state index contributed by atoms with van der Waals surface area (Å²) in [4.78, 5) is 40.4. The van der Waals surface area contributed by atoms with Crippen molar-refractivity contribution in [3.63, 3.8) is 0 Å². The molecule has 15 heteroatoms. The molecule has 9 aromatic carbocycles. The summed E-state index contributed by atoms with van der Waals surface area (Å²) in [7, 11) is 0. The Kier molecular flexibility index (Phi) is 16.8. The molecule has 0 aliphatic heterocycles. The zero-order valence-electron chi connectivity index (χ0n) is 43.3. The van der Waals surface area contributed by atoms with Gasteiger partial charge in [-0.25, -0.2) is 4.39 Å². The highest BCUT2D eigenvalue weighted by Gasteiger charge is 2.30. The Morgan fingerprint density at radius 1 is 0.444 bits per heavy atom. The number of H-pyrrole nitrogens is 2. The molecule has 81 heavy (non-hydrogen) atoms. The van der Waals surface area contributed by atoms with Crippen molar-refractivity contribution in [2.75, 3.05) is 19.6 Å². The lowest BCUT2D eigenvalue weighted by Crippen LogP contribution is -2.14. The predicted octanol–water partition coefficient (Wildman–Crippen LogP) is 17.0. The van der Waals surface area contributed by atoms with E-state index in [1.807, 2.05) is 219 Å². The summed E-state index contributed by atoms with van der Waals surface area (Å²) in [5, 5.41) is 37.9. The van der Waals surface area contributed by atoms with Crippen molar-refractivity contribution in [2.45, 2.75) is 17.8 Å². The second kappa shape index (κ2) is 25.0. The lowest BCUT2D eigenvalue weighted by atomic mass is 9.87. The first kappa shape index (κ1) is 54.7. The monoisotopic (exact) mass is 1110 g/mol. The number of fused-ring (bicyclic) bond motifs is 3. The molecule has 3 unspecified atom stereocenters. The van der Waals surface area contributed by atoms with Gasteiger partial charge in [0.1, 0.15) is 5.82 Å². The smallest absolute Gasteiger partial charge is 0.214 e. The van der Waals surface area contributed by atoms with Gasteiger partial charge < -0.3 is 14.5 Å². The van der Waals surface area contributed by atoms with Gasteiger partial charge in [0.15, 0.2) is 0 Å². The van der Waals surface area contributed by atoms with Crippen molar-refractivity contribution >= 4 is 55.9 Å². The minimum atomic E-state index is -0.507. The van der Waals surface area contributed by atoms with Crippen LogP contribution in [0.2, 0.25) is 10.0 Å². The number of hydrogen-bond acceptors (Lipinski definition) is 6. The van der Waals surface area contributed by atoms with E-state index >= 15 is 0 Å². The van der Waals surface area contributed by atoms with Crippen LogP contribution in [0.25, 0.3) is 60.9 Å². The van der Waals surface area contributed by atoms with Gasteiger partial charge in [-0.05, 0) is 105 Å². The first-order valence-corrected chi connectivity index (χ1v) is 26.8. The maximum atomic E-state index is 13.7. The summed E-state index contributed by atoms with van der Waals surface area (Å²) in [6.07, 6.45) is 2.04. The minimum Gasteiger partial charge on any atom is -0.354 e. The molecule has 0 saturated heterocycles. The highest BCUT2D eigenvalue weighted by Crippen LogP contribution is 2.42. The van der Waals surface area contributed by atoms with Gasteiger partial charge in [0, 0.05) is 58.9 Å². The third kappa shape index (κ3) is 12.5. The van der Waals surface area contributed by atoms with Crippen molar-refractivity contribution in [2.24, 2.45) is 0 Å². The summed E-state index contributed by atoms with van der Waals surface area (Å²) >= 11 is 12.0. The van der Waals surface area contributed by atoms with Crippen molar-refractivity contribution in [1.29, 1.82) is 0 Å². The normalized spacial score (nSPS) is 12.2. The molecular weight excluding hydrogens is 1060 g/mol. The number of hydrogen-bond donors (Lipinski definition) is 2. The van der Waals surface area contributed by atoms with Gasteiger partial charge in [-0.1, -0.05) is 199 Å². The van der Waals surface area contributed by atoms with Gasteiger partial charge in [-0.3, -0.25) is 30.3 Å². The van der Waals surface area contributed by atoms with Crippen LogP contribution in [0.3, 0.4) is 0 Å². The largest absolute Gasteiger partial charge is 0.354 e. The van der Waals surface area contributed by atoms with Gasteiger partial charge in [0.05, 0.1) is 39.7 Å². The Morgan fingerprint density at radius 3 is 1.32 bits per heavy atom. The van der Waals surface area contributed by atoms with Gasteiger partial charge in [0.25, 0.3) is 0 Å². The molecule has 0 amide bonds.